The summed E-state index contributed by atoms with van der Waals surface area (Å²) in [6.45, 7) is 0. The summed E-state index contributed by atoms with van der Waals surface area (Å²) in [4.78, 5) is 7.74. The maximum absolute atomic E-state index is 13.8. The predicted octanol–water partition coefficient (Wildman–Crippen LogP) is 5.30. The van der Waals surface area contributed by atoms with Crippen molar-refractivity contribution in [3.05, 3.63) is 79.1 Å². The van der Waals surface area contributed by atoms with E-state index in [9.17, 15) is 4.39 Å². The number of rotatable bonds is 3. The molecule has 2 aromatic carbocycles. The summed E-state index contributed by atoms with van der Waals surface area (Å²) in [5.74, 6) is -0.273. The highest BCUT2D eigenvalue weighted by molar-refractivity contribution is 6.01. The topological polar surface area (TPSA) is 86.0 Å². The number of hydrogen-bond acceptors (Lipinski definition) is 3. The lowest BCUT2D eigenvalue weighted by molar-refractivity contribution is 0.628. The van der Waals surface area contributed by atoms with Crippen molar-refractivity contribution >= 4 is 21.8 Å². The molecule has 0 saturated carbocycles. The predicted molar refractivity (Wildman–Crippen MR) is 114 cm³/mol. The molecule has 0 saturated heterocycles. The third-order valence-electron chi connectivity index (χ3n) is 5.33. The van der Waals surface area contributed by atoms with Gasteiger partial charge in [0, 0.05) is 34.3 Å². The Morgan fingerprint density at radius 3 is 2.63 bits per heavy atom. The van der Waals surface area contributed by atoms with E-state index in [1.165, 1.54) is 12.1 Å². The summed E-state index contributed by atoms with van der Waals surface area (Å²) in [6, 6.07) is 14.7. The molecule has 6 nitrogen and oxygen atoms in total. The third kappa shape index (κ3) is 2.60. The van der Waals surface area contributed by atoms with Gasteiger partial charge in [-0.2, -0.15) is 10.2 Å². The Morgan fingerprint density at radius 2 is 1.77 bits per heavy atom. The molecule has 0 aliphatic carbocycles. The van der Waals surface area contributed by atoms with E-state index in [0.717, 1.165) is 55.4 Å². The van der Waals surface area contributed by atoms with Gasteiger partial charge in [0.05, 0.1) is 29.1 Å². The molecule has 6 aromatic rings. The molecule has 144 valence electrons. The van der Waals surface area contributed by atoms with Crippen molar-refractivity contribution in [2.24, 2.45) is 0 Å². The normalized spacial score (nSPS) is 11.5. The highest BCUT2D eigenvalue weighted by Crippen LogP contribution is 2.34. The van der Waals surface area contributed by atoms with Gasteiger partial charge in [-0.25, -0.2) is 4.39 Å². The van der Waals surface area contributed by atoms with Crippen LogP contribution in [0.3, 0.4) is 0 Å². The van der Waals surface area contributed by atoms with E-state index in [2.05, 4.69) is 36.4 Å². The number of fused-ring (bicyclic) bond motifs is 2. The molecule has 0 aliphatic rings. The van der Waals surface area contributed by atoms with Crippen molar-refractivity contribution in [3.63, 3.8) is 0 Å². The van der Waals surface area contributed by atoms with Gasteiger partial charge in [-0.1, -0.05) is 18.2 Å². The number of nitrogens with zero attached hydrogens (tertiary/aromatic N) is 3. The largest absolute Gasteiger partial charge is 0.352 e. The molecule has 0 amide bonds. The van der Waals surface area contributed by atoms with Crippen LogP contribution in [0.15, 0.2) is 73.3 Å². The third-order valence-corrected chi connectivity index (χ3v) is 5.33. The van der Waals surface area contributed by atoms with Crippen molar-refractivity contribution in [2.75, 3.05) is 0 Å². The zero-order valence-electron chi connectivity index (χ0n) is 15.6. The van der Waals surface area contributed by atoms with Crippen molar-refractivity contribution in [3.8, 4) is 33.6 Å². The summed E-state index contributed by atoms with van der Waals surface area (Å²) in [7, 11) is 0. The molecule has 7 heteroatoms. The number of halogens is 1. The van der Waals surface area contributed by atoms with Crippen molar-refractivity contribution in [2.45, 2.75) is 0 Å². The second-order valence-electron chi connectivity index (χ2n) is 7.16. The lowest BCUT2D eigenvalue weighted by Gasteiger charge is -2.02. The van der Waals surface area contributed by atoms with Crippen LogP contribution in [0.1, 0.15) is 0 Å². The van der Waals surface area contributed by atoms with Crippen LogP contribution in [0.2, 0.25) is 0 Å². The molecule has 6 rings (SSSR count). The van der Waals surface area contributed by atoms with Crippen LogP contribution in [0, 0.1) is 5.82 Å². The van der Waals surface area contributed by atoms with Gasteiger partial charge in [-0.15, -0.1) is 0 Å². The lowest BCUT2D eigenvalue weighted by atomic mass is 10.0. The zero-order valence-corrected chi connectivity index (χ0v) is 15.6. The van der Waals surface area contributed by atoms with Gasteiger partial charge < -0.3 is 4.98 Å². The monoisotopic (exact) mass is 394 g/mol. The Morgan fingerprint density at radius 1 is 0.800 bits per heavy atom. The molecule has 0 atom stereocenters. The molecule has 0 aliphatic heterocycles. The smallest absolute Gasteiger partial charge is 0.123 e. The van der Waals surface area contributed by atoms with Gasteiger partial charge >= 0.3 is 0 Å². The first kappa shape index (κ1) is 16.7. The molecule has 30 heavy (non-hydrogen) atoms. The quantitative estimate of drug-likeness (QED) is 0.381. The van der Waals surface area contributed by atoms with Crippen LogP contribution in [0.5, 0.6) is 0 Å². The molecule has 4 aromatic heterocycles. The van der Waals surface area contributed by atoms with Crippen LogP contribution < -0.4 is 0 Å². The van der Waals surface area contributed by atoms with Gasteiger partial charge in [0.15, 0.2) is 0 Å². The van der Waals surface area contributed by atoms with Gasteiger partial charge in [0.2, 0.25) is 0 Å². The first-order valence-corrected chi connectivity index (χ1v) is 9.46. The highest BCUT2D eigenvalue weighted by Gasteiger charge is 2.15. The van der Waals surface area contributed by atoms with Gasteiger partial charge in [0.25, 0.3) is 0 Å². The van der Waals surface area contributed by atoms with Crippen LogP contribution >= 0.6 is 0 Å². The van der Waals surface area contributed by atoms with Crippen molar-refractivity contribution in [1.29, 1.82) is 0 Å². The minimum atomic E-state index is -0.273. The summed E-state index contributed by atoms with van der Waals surface area (Å²) in [5.41, 5.74) is 7.22. The van der Waals surface area contributed by atoms with Crippen LogP contribution in [-0.4, -0.2) is 30.4 Å². The van der Waals surface area contributed by atoms with Gasteiger partial charge in [-0.05, 0) is 41.5 Å². The van der Waals surface area contributed by atoms with Crippen LogP contribution in [-0.2, 0) is 0 Å². The molecular weight excluding hydrogens is 379 g/mol. The highest BCUT2D eigenvalue weighted by atomic mass is 19.1. The van der Waals surface area contributed by atoms with Crippen molar-refractivity contribution in [1.82, 2.24) is 30.4 Å². The summed E-state index contributed by atoms with van der Waals surface area (Å²) in [5, 5.41) is 16.5. The Labute approximate surface area is 169 Å². The van der Waals surface area contributed by atoms with Crippen LogP contribution in [0.25, 0.3) is 55.4 Å². The van der Waals surface area contributed by atoms with Crippen molar-refractivity contribution < 1.29 is 4.39 Å². The Kier molecular flexibility index (Phi) is 3.55. The second-order valence-corrected chi connectivity index (χ2v) is 7.16. The molecule has 3 N–H and O–H groups in total. The Hall–Kier alpha value is -4.26. The first-order valence-electron chi connectivity index (χ1n) is 9.46. The summed E-state index contributed by atoms with van der Waals surface area (Å²) >= 11 is 0. The maximum atomic E-state index is 13.8. The molecule has 0 spiro atoms. The number of pyridine rings is 1. The summed E-state index contributed by atoms with van der Waals surface area (Å²) < 4.78 is 13.8. The number of hydrogen-bond donors (Lipinski definition) is 3. The maximum Gasteiger partial charge on any atom is 0.123 e. The molecule has 4 heterocycles. The summed E-state index contributed by atoms with van der Waals surface area (Å²) in [6.07, 6.45) is 7.18. The fraction of sp³-hybridized carbons (Fsp3) is 0. The van der Waals surface area contributed by atoms with Gasteiger partial charge in [-0.3, -0.25) is 15.2 Å². The second kappa shape index (κ2) is 6.38. The Balaban J connectivity index is 1.53. The molecular formula is C23H15FN6. The minimum absolute atomic E-state index is 0.273. The molecule has 0 fully saturated rings. The van der Waals surface area contributed by atoms with E-state index in [1.54, 1.807) is 24.7 Å². The average Bonchev–Trinajstić information content (AvgIpc) is 3.51. The fourth-order valence-electron chi connectivity index (χ4n) is 3.87. The van der Waals surface area contributed by atoms with E-state index in [1.807, 2.05) is 30.5 Å². The van der Waals surface area contributed by atoms with Gasteiger partial charge in [0.1, 0.15) is 11.5 Å². The lowest BCUT2D eigenvalue weighted by Crippen LogP contribution is -1.83. The SMILES string of the molecule is Fc1cccc(-c2cncc3[nH]c(-c4n[nH]c5ccc(-c6cn[nH]c6)cc45)cc23)c1. The standard InChI is InChI=1S/C23H15FN6/c24-16-3-1-2-14(6-16)19-11-25-12-22-17(19)8-21(28-22)23-18-7-13(15-9-26-27-10-15)4-5-20(18)29-30-23/h1-12,28H,(H,26,27)(H,29,30). The molecule has 0 radical (unpaired) electrons. The molecule has 0 bridgehead atoms. The Bertz CT molecular complexity index is 1510. The minimum Gasteiger partial charge on any atom is -0.352 e. The number of benzene rings is 2. The van der Waals surface area contributed by atoms with E-state index >= 15 is 0 Å². The average molecular weight is 394 g/mol. The number of H-pyrrole nitrogens is 3. The van der Waals surface area contributed by atoms with E-state index in [0.29, 0.717) is 0 Å². The number of nitrogens with one attached hydrogen (secondary N) is 3. The van der Waals surface area contributed by atoms with E-state index in [4.69, 9.17) is 0 Å². The molecule has 0 unspecified atom stereocenters. The fourth-order valence-corrected chi connectivity index (χ4v) is 3.87. The van der Waals surface area contributed by atoms with Crippen LogP contribution in [0.4, 0.5) is 4.39 Å². The number of aromatic amines is 3. The van der Waals surface area contributed by atoms with E-state index in [-0.39, 0.29) is 5.82 Å². The zero-order chi connectivity index (χ0) is 20.1. The first-order chi connectivity index (χ1) is 14.8. The number of aromatic nitrogens is 6. The van der Waals surface area contributed by atoms with E-state index < -0.39 is 0 Å².